The first-order chi connectivity index (χ1) is 7.77. The highest BCUT2D eigenvalue weighted by Gasteiger charge is 2.17. The molecule has 0 radical (unpaired) electrons. The third kappa shape index (κ3) is 6.09. The van der Waals surface area contributed by atoms with Gasteiger partial charge in [0.1, 0.15) is 6.54 Å². The van der Waals surface area contributed by atoms with Crippen LogP contribution in [0.25, 0.3) is 0 Å². The zero-order valence-electron chi connectivity index (χ0n) is 10.7. The first-order valence-electron chi connectivity index (χ1n) is 6.07. The molecule has 0 atom stereocenters. The number of nitrogens with zero attached hydrogens (tertiary/aromatic N) is 2. The molecule has 0 aliphatic carbocycles. The third-order valence-electron chi connectivity index (χ3n) is 2.52. The van der Waals surface area contributed by atoms with Crippen molar-refractivity contribution < 1.29 is 4.79 Å². The Labute approximate surface area is 120 Å². The Balaban J connectivity index is 0.00000256. The summed E-state index contributed by atoms with van der Waals surface area (Å²) in [6.07, 6.45) is 2.26. The molecule has 0 bridgehead atoms. The minimum Gasteiger partial charge on any atom is -0.357 e. The quantitative estimate of drug-likeness (QED) is 0.446. The smallest absolute Gasteiger partial charge is 0.244 e. The lowest BCUT2D eigenvalue weighted by atomic mass is 10.4. The molecule has 0 aromatic carbocycles. The predicted octanol–water partition coefficient (Wildman–Crippen LogP) is 0.802. The van der Waals surface area contributed by atoms with Gasteiger partial charge in [0, 0.05) is 26.2 Å². The molecule has 0 spiro atoms. The number of hydrogen-bond donors (Lipinski definition) is 2. The Bertz CT molecular complexity index is 244. The maximum absolute atomic E-state index is 11.7. The van der Waals surface area contributed by atoms with Gasteiger partial charge in [-0.05, 0) is 26.7 Å². The summed E-state index contributed by atoms with van der Waals surface area (Å²) >= 11 is 0. The summed E-state index contributed by atoms with van der Waals surface area (Å²) in [6.45, 7) is 7.67. The molecule has 5 nitrogen and oxygen atoms in total. The Kier molecular flexibility index (Phi) is 9.20. The van der Waals surface area contributed by atoms with Gasteiger partial charge in [-0.1, -0.05) is 0 Å². The number of carbonyl (C=O) groups is 1. The van der Waals surface area contributed by atoms with Crippen molar-refractivity contribution in [3.8, 4) is 0 Å². The highest BCUT2D eigenvalue weighted by atomic mass is 127. The Morgan fingerprint density at radius 1 is 1.18 bits per heavy atom. The molecule has 6 heteroatoms. The lowest BCUT2D eigenvalue weighted by Crippen LogP contribution is -2.38. The molecule has 1 rings (SSSR count). The molecule has 1 heterocycles. The van der Waals surface area contributed by atoms with Crippen LogP contribution in [0.15, 0.2) is 4.99 Å². The minimum atomic E-state index is 0. The fourth-order valence-electron chi connectivity index (χ4n) is 1.72. The zero-order chi connectivity index (χ0) is 11.8. The van der Waals surface area contributed by atoms with E-state index in [4.69, 9.17) is 0 Å². The van der Waals surface area contributed by atoms with Gasteiger partial charge >= 0.3 is 0 Å². The largest absolute Gasteiger partial charge is 0.357 e. The van der Waals surface area contributed by atoms with E-state index in [0.29, 0.717) is 0 Å². The van der Waals surface area contributed by atoms with Crippen LogP contribution in [0.4, 0.5) is 0 Å². The van der Waals surface area contributed by atoms with Gasteiger partial charge in [-0.15, -0.1) is 24.0 Å². The molecule has 0 unspecified atom stereocenters. The second-order valence-electron chi connectivity index (χ2n) is 3.81. The van der Waals surface area contributed by atoms with Crippen LogP contribution >= 0.6 is 24.0 Å². The van der Waals surface area contributed by atoms with Gasteiger partial charge in [-0.25, -0.2) is 4.99 Å². The molecule has 17 heavy (non-hydrogen) atoms. The van der Waals surface area contributed by atoms with Crippen molar-refractivity contribution in [2.75, 3.05) is 32.7 Å². The summed E-state index contributed by atoms with van der Waals surface area (Å²) in [6, 6.07) is 0. The Morgan fingerprint density at radius 3 is 2.18 bits per heavy atom. The van der Waals surface area contributed by atoms with Gasteiger partial charge < -0.3 is 15.5 Å². The number of likely N-dealkylation sites (tertiary alicyclic amines) is 1. The van der Waals surface area contributed by atoms with Gasteiger partial charge in [-0.3, -0.25) is 4.79 Å². The summed E-state index contributed by atoms with van der Waals surface area (Å²) in [5.41, 5.74) is 0. The van der Waals surface area contributed by atoms with Crippen LogP contribution in [0.5, 0.6) is 0 Å². The van der Waals surface area contributed by atoms with E-state index in [-0.39, 0.29) is 36.4 Å². The van der Waals surface area contributed by atoms with Crippen molar-refractivity contribution in [1.29, 1.82) is 0 Å². The SMILES string of the molecule is CCNC(=NCC(=O)N1CCCC1)NCC.I. The zero-order valence-corrected chi connectivity index (χ0v) is 13.0. The van der Waals surface area contributed by atoms with Gasteiger partial charge in [-0.2, -0.15) is 0 Å². The predicted molar refractivity (Wildman–Crippen MR) is 80.9 cm³/mol. The average Bonchev–Trinajstić information content (AvgIpc) is 2.79. The molecular weight excluding hydrogens is 331 g/mol. The van der Waals surface area contributed by atoms with Crippen molar-refractivity contribution in [3.05, 3.63) is 0 Å². The van der Waals surface area contributed by atoms with Crippen LogP contribution in [0.2, 0.25) is 0 Å². The molecule has 0 aromatic rings. The van der Waals surface area contributed by atoms with Gasteiger partial charge in [0.15, 0.2) is 5.96 Å². The Hall–Kier alpha value is -0.530. The first kappa shape index (κ1) is 16.5. The third-order valence-corrected chi connectivity index (χ3v) is 2.52. The van der Waals surface area contributed by atoms with Crippen LogP contribution in [-0.4, -0.2) is 49.5 Å². The number of amides is 1. The molecule has 1 amide bonds. The van der Waals surface area contributed by atoms with Crippen molar-refractivity contribution in [3.63, 3.8) is 0 Å². The fraction of sp³-hybridized carbons (Fsp3) is 0.818. The van der Waals surface area contributed by atoms with Crippen LogP contribution < -0.4 is 10.6 Å². The molecular formula is C11H23IN4O. The average molecular weight is 354 g/mol. The first-order valence-corrected chi connectivity index (χ1v) is 6.07. The summed E-state index contributed by atoms with van der Waals surface area (Å²) in [4.78, 5) is 17.9. The van der Waals surface area contributed by atoms with E-state index in [1.807, 2.05) is 18.7 Å². The van der Waals surface area contributed by atoms with Crippen LogP contribution in [-0.2, 0) is 4.79 Å². The van der Waals surface area contributed by atoms with Gasteiger partial charge in [0.25, 0.3) is 0 Å². The highest BCUT2D eigenvalue weighted by Crippen LogP contribution is 2.07. The lowest BCUT2D eigenvalue weighted by Gasteiger charge is -2.14. The van der Waals surface area contributed by atoms with Crippen molar-refractivity contribution in [2.45, 2.75) is 26.7 Å². The Morgan fingerprint density at radius 2 is 1.71 bits per heavy atom. The number of nitrogens with one attached hydrogen (secondary N) is 2. The number of carbonyl (C=O) groups excluding carboxylic acids is 1. The van der Waals surface area contributed by atoms with Crippen molar-refractivity contribution >= 4 is 35.8 Å². The summed E-state index contributed by atoms with van der Waals surface area (Å²) in [7, 11) is 0. The van der Waals surface area contributed by atoms with E-state index >= 15 is 0 Å². The molecule has 1 aliphatic rings. The van der Waals surface area contributed by atoms with E-state index in [0.717, 1.165) is 45.0 Å². The molecule has 0 saturated carbocycles. The standard InChI is InChI=1S/C11H22N4O.HI/c1-3-12-11(13-4-2)14-9-10(16)15-7-5-6-8-15;/h3-9H2,1-2H3,(H2,12,13,14);1H. The number of hydrogen-bond acceptors (Lipinski definition) is 2. The maximum atomic E-state index is 11.7. The topological polar surface area (TPSA) is 56.7 Å². The second kappa shape index (κ2) is 9.49. The van der Waals surface area contributed by atoms with Gasteiger partial charge in [0.05, 0.1) is 0 Å². The number of halogens is 1. The molecule has 0 aromatic heterocycles. The number of aliphatic imine (C=N–C) groups is 1. The summed E-state index contributed by atoms with van der Waals surface area (Å²) < 4.78 is 0. The summed E-state index contributed by atoms with van der Waals surface area (Å²) in [5, 5.41) is 6.20. The number of rotatable bonds is 4. The minimum absolute atomic E-state index is 0. The van der Waals surface area contributed by atoms with E-state index in [1.54, 1.807) is 0 Å². The maximum Gasteiger partial charge on any atom is 0.244 e. The van der Waals surface area contributed by atoms with Crippen molar-refractivity contribution in [2.24, 2.45) is 4.99 Å². The number of guanidine groups is 1. The van der Waals surface area contributed by atoms with E-state index in [1.165, 1.54) is 0 Å². The normalized spacial score (nSPS) is 13.9. The highest BCUT2D eigenvalue weighted by molar-refractivity contribution is 14.0. The molecule has 1 fully saturated rings. The van der Waals surface area contributed by atoms with E-state index in [9.17, 15) is 4.79 Å². The van der Waals surface area contributed by atoms with Crippen LogP contribution in [0, 0.1) is 0 Å². The molecule has 100 valence electrons. The molecule has 1 saturated heterocycles. The van der Waals surface area contributed by atoms with E-state index in [2.05, 4.69) is 15.6 Å². The molecule has 2 N–H and O–H groups in total. The molecule has 1 aliphatic heterocycles. The fourth-order valence-corrected chi connectivity index (χ4v) is 1.72. The van der Waals surface area contributed by atoms with Gasteiger partial charge in [0.2, 0.25) is 5.91 Å². The van der Waals surface area contributed by atoms with E-state index < -0.39 is 0 Å². The monoisotopic (exact) mass is 354 g/mol. The van der Waals surface area contributed by atoms with Crippen molar-refractivity contribution in [1.82, 2.24) is 15.5 Å². The second-order valence-corrected chi connectivity index (χ2v) is 3.81. The van der Waals surface area contributed by atoms with Crippen LogP contribution in [0.3, 0.4) is 0 Å². The lowest BCUT2D eigenvalue weighted by molar-refractivity contribution is -0.128. The van der Waals surface area contributed by atoms with Crippen LogP contribution in [0.1, 0.15) is 26.7 Å². The summed E-state index contributed by atoms with van der Waals surface area (Å²) in [5.74, 6) is 0.850.